The SMILES string of the molecule is C=CCCC(=O)/C(C=C)=C(/C=C)C(=C)C(C)C. The van der Waals surface area contributed by atoms with Crippen LogP contribution in [0.4, 0.5) is 0 Å². The van der Waals surface area contributed by atoms with E-state index in [0.29, 0.717) is 18.4 Å². The summed E-state index contributed by atoms with van der Waals surface area (Å²) in [5.41, 5.74) is 2.34. The first kappa shape index (κ1) is 15.4. The van der Waals surface area contributed by atoms with Crippen LogP contribution in [0.5, 0.6) is 0 Å². The standard InChI is InChI=1S/C16H22O/c1-7-10-11-16(17)15(9-3)14(8-2)13(6)12(4)5/h7-9,12H,1-3,6,10-11H2,4-5H3/b15-14-. The van der Waals surface area contributed by atoms with E-state index in [1.54, 1.807) is 18.2 Å². The van der Waals surface area contributed by atoms with Crippen molar-refractivity contribution in [3.63, 3.8) is 0 Å². The molecular weight excluding hydrogens is 208 g/mol. The van der Waals surface area contributed by atoms with Gasteiger partial charge in [0.25, 0.3) is 0 Å². The molecule has 0 atom stereocenters. The van der Waals surface area contributed by atoms with Gasteiger partial charge in [0.05, 0.1) is 0 Å². The number of hydrogen-bond donors (Lipinski definition) is 0. The zero-order chi connectivity index (χ0) is 13.4. The molecule has 92 valence electrons. The summed E-state index contributed by atoms with van der Waals surface area (Å²) >= 11 is 0. The smallest absolute Gasteiger partial charge is 0.163 e. The lowest BCUT2D eigenvalue weighted by Gasteiger charge is -2.14. The Balaban J connectivity index is 5.31. The predicted octanol–water partition coefficient (Wildman–Crippen LogP) is 4.40. The Kier molecular flexibility index (Phi) is 6.88. The molecule has 0 heterocycles. The minimum atomic E-state index is 0.0663. The minimum absolute atomic E-state index is 0.0663. The van der Waals surface area contributed by atoms with Crippen LogP contribution in [-0.4, -0.2) is 5.78 Å². The molecule has 0 aromatic heterocycles. The highest BCUT2D eigenvalue weighted by Gasteiger charge is 2.13. The molecule has 1 heteroatoms. The van der Waals surface area contributed by atoms with Crippen molar-refractivity contribution in [2.45, 2.75) is 26.7 Å². The molecule has 0 aromatic carbocycles. The third-order valence-corrected chi connectivity index (χ3v) is 2.62. The number of allylic oxidation sites excluding steroid dienone is 6. The molecule has 0 aliphatic rings. The van der Waals surface area contributed by atoms with Crippen molar-refractivity contribution < 1.29 is 4.79 Å². The Hall–Kier alpha value is -1.63. The average Bonchev–Trinajstić information content (AvgIpc) is 2.31. The Bertz CT molecular complexity index is 367. The molecule has 0 saturated carbocycles. The minimum Gasteiger partial charge on any atom is -0.294 e. The van der Waals surface area contributed by atoms with Crippen molar-refractivity contribution in [2.24, 2.45) is 5.92 Å². The molecule has 0 radical (unpaired) electrons. The van der Waals surface area contributed by atoms with Gasteiger partial charge in [0.15, 0.2) is 5.78 Å². The fourth-order valence-corrected chi connectivity index (χ4v) is 1.47. The Morgan fingerprint density at radius 1 is 1.12 bits per heavy atom. The highest BCUT2D eigenvalue weighted by atomic mass is 16.1. The maximum Gasteiger partial charge on any atom is 0.163 e. The normalized spacial score (nSPS) is 11.7. The maximum absolute atomic E-state index is 12.0. The fraction of sp³-hybridized carbons (Fsp3) is 0.312. The van der Waals surface area contributed by atoms with Gasteiger partial charge in [0.2, 0.25) is 0 Å². The van der Waals surface area contributed by atoms with E-state index < -0.39 is 0 Å². The number of hydrogen-bond acceptors (Lipinski definition) is 1. The van der Waals surface area contributed by atoms with Crippen LogP contribution in [0.25, 0.3) is 0 Å². The number of ketones is 1. The van der Waals surface area contributed by atoms with E-state index in [1.807, 2.05) is 13.8 Å². The Labute approximate surface area is 105 Å². The van der Waals surface area contributed by atoms with E-state index >= 15 is 0 Å². The van der Waals surface area contributed by atoms with Gasteiger partial charge in [0.1, 0.15) is 0 Å². The van der Waals surface area contributed by atoms with Crippen LogP contribution in [0, 0.1) is 5.92 Å². The maximum atomic E-state index is 12.0. The van der Waals surface area contributed by atoms with E-state index in [1.165, 1.54) is 0 Å². The van der Waals surface area contributed by atoms with E-state index in [9.17, 15) is 4.79 Å². The fourth-order valence-electron chi connectivity index (χ4n) is 1.47. The molecule has 1 nitrogen and oxygen atoms in total. The first-order chi connectivity index (χ1) is 7.99. The largest absolute Gasteiger partial charge is 0.294 e. The van der Waals surface area contributed by atoms with Crippen molar-refractivity contribution in [1.82, 2.24) is 0 Å². The molecule has 0 aliphatic carbocycles. The summed E-state index contributed by atoms with van der Waals surface area (Å²) < 4.78 is 0. The Morgan fingerprint density at radius 2 is 1.65 bits per heavy atom. The summed E-state index contributed by atoms with van der Waals surface area (Å²) in [5.74, 6) is 0.349. The molecule has 0 spiro atoms. The highest BCUT2D eigenvalue weighted by molar-refractivity contribution is 5.99. The van der Waals surface area contributed by atoms with Gasteiger partial charge < -0.3 is 0 Å². The molecular formula is C16H22O. The molecule has 0 amide bonds. The van der Waals surface area contributed by atoms with Crippen LogP contribution in [0.15, 0.2) is 61.3 Å². The number of carbonyl (C=O) groups excluding carboxylic acids is 1. The van der Waals surface area contributed by atoms with Gasteiger partial charge in [-0.1, -0.05) is 51.8 Å². The average molecular weight is 230 g/mol. The monoisotopic (exact) mass is 230 g/mol. The molecule has 0 unspecified atom stereocenters. The summed E-state index contributed by atoms with van der Waals surface area (Å²) in [6, 6.07) is 0. The second-order valence-electron chi connectivity index (χ2n) is 4.17. The van der Waals surface area contributed by atoms with E-state index in [-0.39, 0.29) is 11.7 Å². The Morgan fingerprint density at radius 3 is 2.00 bits per heavy atom. The first-order valence-corrected chi connectivity index (χ1v) is 5.81. The zero-order valence-corrected chi connectivity index (χ0v) is 11.0. The van der Waals surface area contributed by atoms with Gasteiger partial charge in [0, 0.05) is 12.0 Å². The molecule has 0 N–H and O–H groups in total. The van der Waals surface area contributed by atoms with Gasteiger partial charge >= 0.3 is 0 Å². The summed E-state index contributed by atoms with van der Waals surface area (Å²) in [5, 5.41) is 0. The van der Waals surface area contributed by atoms with Crippen LogP contribution < -0.4 is 0 Å². The lowest BCUT2D eigenvalue weighted by atomic mass is 9.90. The summed E-state index contributed by atoms with van der Waals surface area (Å²) in [7, 11) is 0. The first-order valence-electron chi connectivity index (χ1n) is 5.81. The molecule has 0 aromatic rings. The van der Waals surface area contributed by atoms with Crippen LogP contribution in [-0.2, 0) is 4.79 Å². The second-order valence-corrected chi connectivity index (χ2v) is 4.17. The lowest BCUT2D eigenvalue weighted by Crippen LogP contribution is -2.06. The molecule has 0 bridgehead atoms. The molecule has 17 heavy (non-hydrogen) atoms. The summed E-state index contributed by atoms with van der Waals surface area (Å²) in [6.45, 7) is 19.2. The van der Waals surface area contributed by atoms with E-state index in [0.717, 1.165) is 11.1 Å². The predicted molar refractivity (Wildman–Crippen MR) is 75.8 cm³/mol. The van der Waals surface area contributed by atoms with Gasteiger partial charge in [-0.2, -0.15) is 0 Å². The second kappa shape index (κ2) is 7.61. The molecule has 0 rings (SSSR count). The van der Waals surface area contributed by atoms with Crippen molar-refractivity contribution in [2.75, 3.05) is 0 Å². The van der Waals surface area contributed by atoms with E-state index in [2.05, 4.69) is 26.3 Å². The van der Waals surface area contributed by atoms with Gasteiger partial charge in [-0.25, -0.2) is 0 Å². The third kappa shape index (κ3) is 4.39. The summed E-state index contributed by atoms with van der Waals surface area (Å²) in [4.78, 5) is 12.0. The number of Topliss-reactive ketones (excluding diaryl/α,β-unsaturated/α-hetero) is 1. The van der Waals surface area contributed by atoms with Gasteiger partial charge in [-0.05, 0) is 23.5 Å². The van der Waals surface area contributed by atoms with Crippen LogP contribution in [0.3, 0.4) is 0 Å². The van der Waals surface area contributed by atoms with Crippen LogP contribution in [0.2, 0.25) is 0 Å². The molecule has 0 fully saturated rings. The van der Waals surface area contributed by atoms with Crippen LogP contribution >= 0.6 is 0 Å². The summed E-state index contributed by atoms with van der Waals surface area (Å²) in [6.07, 6.45) is 6.15. The van der Waals surface area contributed by atoms with Crippen molar-refractivity contribution in [3.8, 4) is 0 Å². The molecule has 0 saturated heterocycles. The van der Waals surface area contributed by atoms with E-state index in [4.69, 9.17) is 0 Å². The quantitative estimate of drug-likeness (QED) is 0.343. The van der Waals surface area contributed by atoms with Gasteiger partial charge in [-0.3, -0.25) is 4.79 Å². The highest BCUT2D eigenvalue weighted by Crippen LogP contribution is 2.23. The van der Waals surface area contributed by atoms with Gasteiger partial charge in [-0.15, -0.1) is 6.58 Å². The van der Waals surface area contributed by atoms with Crippen molar-refractivity contribution >= 4 is 5.78 Å². The zero-order valence-electron chi connectivity index (χ0n) is 11.0. The molecule has 0 aliphatic heterocycles. The lowest BCUT2D eigenvalue weighted by molar-refractivity contribution is -0.115. The van der Waals surface area contributed by atoms with Crippen molar-refractivity contribution in [1.29, 1.82) is 0 Å². The third-order valence-electron chi connectivity index (χ3n) is 2.62. The topological polar surface area (TPSA) is 17.1 Å². The van der Waals surface area contributed by atoms with Crippen molar-refractivity contribution in [3.05, 3.63) is 61.3 Å². The number of rotatable bonds is 8. The number of carbonyl (C=O) groups is 1. The van der Waals surface area contributed by atoms with Crippen LogP contribution in [0.1, 0.15) is 26.7 Å².